The number of aromatic amines is 1. The van der Waals surface area contributed by atoms with Crippen LogP contribution in [0.15, 0.2) is 48.0 Å². The van der Waals surface area contributed by atoms with Gasteiger partial charge in [0.1, 0.15) is 18.2 Å². The van der Waals surface area contributed by atoms with Crippen LogP contribution in [0.2, 0.25) is 0 Å². The molecule has 0 unspecified atom stereocenters. The Bertz CT molecular complexity index is 1080. The lowest BCUT2D eigenvalue weighted by Gasteiger charge is -2.25. The Balaban J connectivity index is 1.30. The maximum absolute atomic E-state index is 12.7. The van der Waals surface area contributed by atoms with Gasteiger partial charge in [0.2, 0.25) is 0 Å². The number of aromatic nitrogens is 2. The topological polar surface area (TPSA) is 79.5 Å². The first kappa shape index (κ1) is 17.9. The van der Waals surface area contributed by atoms with E-state index in [9.17, 15) is 4.79 Å². The van der Waals surface area contributed by atoms with E-state index in [1.54, 1.807) is 0 Å². The fourth-order valence-electron chi connectivity index (χ4n) is 3.64. The molecule has 2 aliphatic heterocycles. The van der Waals surface area contributed by atoms with Crippen molar-refractivity contribution in [2.24, 2.45) is 0 Å². The zero-order valence-electron chi connectivity index (χ0n) is 16.0. The van der Waals surface area contributed by atoms with Gasteiger partial charge >= 0.3 is 0 Å². The van der Waals surface area contributed by atoms with Gasteiger partial charge in [-0.1, -0.05) is 18.2 Å². The molecular weight excluding hydrogens is 368 g/mol. The van der Waals surface area contributed by atoms with Gasteiger partial charge in [0, 0.05) is 24.3 Å². The van der Waals surface area contributed by atoms with Crippen LogP contribution in [0.1, 0.15) is 11.4 Å². The minimum Gasteiger partial charge on any atom is -0.488 e. The molecule has 2 N–H and O–H groups in total. The molecule has 2 aliphatic rings. The molecule has 0 radical (unpaired) electrons. The normalized spacial score (nSPS) is 16.8. The molecule has 0 aliphatic carbocycles. The number of nitrogens with zero attached hydrogens (tertiary/aromatic N) is 2. The Labute approximate surface area is 168 Å². The number of morpholine rings is 1. The van der Waals surface area contributed by atoms with Crippen LogP contribution in [-0.4, -0.2) is 53.7 Å². The van der Waals surface area contributed by atoms with E-state index in [1.165, 1.54) is 0 Å². The SMILES string of the molecule is O=C(Nc1ccc2nc(CN3CCOCC3)[nH]c2c1)C1=Cc2ccccc2OC1. The molecule has 5 rings (SSSR count). The van der Waals surface area contributed by atoms with Crippen molar-refractivity contribution in [1.82, 2.24) is 14.9 Å². The monoisotopic (exact) mass is 390 g/mol. The van der Waals surface area contributed by atoms with Crippen LogP contribution < -0.4 is 10.1 Å². The van der Waals surface area contributed by atoms with E-state index < -0.39 is 0 Å². The first-order chi connectivity index (χ1) is 14.2. The van der Waals surface area contributed by atoms with Crippen LogP contribution in [0.5, 0.6) is 5.75 Å². The molecule has 0 saturated carbocycles. The largest absolute Gasteiger partial charge is 0.488 e. The Morgan fingerprint density at radius 2 is 2.03 bits per heavy atom. The fraction of sp³-hybridized carbons (Fsp3) is 0.273. The van der Waals surface area contributed by atoms with E-state index in [1.807, 2.05) is 48.5 Å². The molecule has 148 valence electrons. The number of para-hydroxylation sites is 1. The second kappa shape index (κ2) is 7.69. The average molecular weight is 390 g/mol. The van der Waals surface area contributed by atoms with Crippen LogP contribution in [0, 0.1) is 0 Å². The minimum absolute atomic E-state index is 0.160. The number of rotatable bonds is 4. The number of hydrogen-bond donors (Lipinski definition) is 2. The number of anilines is 1. The van der Waals surface area contributed by atoms with E-state index in [0.717, 1.165) is 66.7 Å². The highest BCUT2D eigenvalue weighted by Gasteiger charge is 2.18. The van der Waals surface area contributed by atoms with Crippen LogP contribution in [0.25, 0.3) is 17.1 Å². The first-order valence-electron chi connectivity index (χ1n) is 9.77. The zero-order valence-corrected chi connectivity index (χ0v) is 16.0. The highest BCUT2D eigenvalue weighted by molar-refractivity contribution is 6.08. The molecule has 0 atom stereocenters. The number of nitrogens with one attached hydrogen (secondary N) is 2. The number of carbonyl (C=O) groups is 1. The van der Waals surface area contributed by atoms with Crippen LogP contribution >= 0.6 is 0 Å². The summed E-state index contributed by atoms with van der Waals surface area (Å²) in [4.78, 5) is 23.0. The third-order valence-electron chi connectivity index (χ3n) is 5.19. The van der Waals surface area contributed by atoms with Crippen LogP contribution in [0.3, 0.4) is 0 Å². The molecule has 1 aromatic heterocycles. The van der Waals surface area contributed by atoms with Crippen molar-refractivity contribution in [3.63, 3.8) is 0 Å². The Kier molecular flexibility index (Phi) is 4.75. The molecule has 7 nitrogen and oxygen atoms in total. The van der Waals surface area contributed by atoms with Crippen molar-refractivity contribution in [2.75, 3.05) is 38.2 Å². The number of benzene rings is 2. The molecular formula is C22H22N4O3. The van der Waals surface area contributed by atoms with Gasteiger partial charge in [-0.05, 0) is 30.3 Å². The standard InChI is InChI=1S/C22H22N4O3/c27-22(16-11-15-3-1-2-4-20(15)29-14-16)23-17-5-6-18-19(12-17)25-21(24-18)13-26-7-9-28-10-8-26/h1-6,11-12H,7-10,13-14H2,(H,23,27)(H,24,25). The summed E-state index contributed by atoms with van der Waals surface area (Å²) in [5.74, 6) is 1.56. The van der Waals surface area contributed by atoms with Gasteiger partial charge in [-0.2, -0.15) is 0 Å². The highest BCUT2D eigenvalue weighted by Crippen LogP contribution is 2.26. The molecule has 0 spiro atoms. The van der Waals surface area contributed by atoms with Gasteiger partial charge < -0.3 is 19.8 Å². The molecule has 3 aromatic rings. The van der Waals surface area contributed by atoms with E-state index in [0.29, 0.717) is 5.57 Å². The van der Waals surface area contributed by atoms with Crippen molar-refractivity contribution < 1.29 is 14.3 Å². The Morgan fingerprint density at radius 3 is 2.93 bits per heavy atom. The predicted molar refractivity (Wildman–Crippen MR) is 111 cm³/mol. The summed E-state index contributed by atoms with van der Waals surface area (Å²) >= 11 is 0. The molecule has 3 heterocycles. The summed E-state index contributed by atoms with van der Waals surface area (Å²) in [5.41, 5.74) is 4.04. The number of fused-ring (bicyclic) bond motifs is 2. The lowest BCUT2D eigenvalue weighted by molar-refractivity contribution is -0.113. The van der Waals surface area contributed by atoms with Gasteiger partial charge in [-0.3, -0.25) is 9.69 Å². The van der Waals surface area contributed by atoms with E-state index >= 15 is 0 Å². The molecule has 7 heteroatoms. The van der Waals surface area contributed by atoms with E-state index in [4.69, 9.17) is 9.47 Å². The summed E-state index contributed by atoms with van der Waals surface area (Å²) < 4.78 is 11.1. The van der Waals surface area contributed by atoms with Gasteiger partial charge in [0.15, 0.2) is 0 Å². The molecule has 0 bridgehead atoms. The Morgan fingerprint density at radius 1 is 1.17 bits per heavy atom. The minimum atomic E-state index is -0.160. The predicted octanol–water partition coefficient (Wildman–Crippen LogP) is 2.81. The lowest BCUT2D eigenvalue weighted by atomic mass is 10.1. The number of carbonyl (C=O) groups excluding carboxylic acids is 1. The van der Waals surface area contributed by atoms with Gasteiger partial charge in [-0.25, -0.2) is 4.98 Å². The third-order valence-corrected chi connectivity index (χ3v) is 5.19. The van der Waals surface area contributed by atoms with Crippen molar-refractivity contribution >= 4 is 28.7 Å². The summed E-state index contributed by atoms with van der Waals surface area (Å²) in [5, 5.41) is 2.96. The summed E-state index contributed by atoms with van der Waals surface area (Å²) in [6.45, 7) is 4.39. The van der Waals surface area contributed by atoms with Crippen LogP contribution in [0.4, 0.5) is 5.69 Å². The highest BCUT2D eigenvalue weighted by atomic mass is 16.5. The maximum Gasteiger partial charge on any atom is 0.255 e. The van der Waals surface area contributed by atoms with Crippen molar-refractivity contribution in [2.45, 2.75) is 6.54 Å². The van der Waals surface area contributed by atoms with E-state index in [-0.39, 0.29) is 12.5 Å². The Hall–Kier alpha value is -3.16. The second-order valence-electron chi connectivity index (χ2n) is 7.25. The average Bonchev–Trinajstić information content (AvgIpc) is 3.15. The van der Waals surface area contributed by atoms with Gasteiger partial charge in [-0.15, -0.1) is 0 Å². The number of imidazole rings is 1. The molecule has 29 heavy (non-hydrogen) atoms. The fourth-order valence-corrected chi connectivity index (χ4v) is 3.64. The number of ether oxygens (including phenoxy) is 2. The van der Waals surface area contributed by atoms with Gasteiger partial charge in [0.05, 0.1) is 36.4 Å². The van der Waals surface area contributed by atoms with E-state index in [2.05, 4.69) is 20.2 Å². The molecule has 2 aromatic carbocycles. The molecule has 1 fully saturated rings. The second-order valence-corrected chi connectivity index (χ2v) is 7.25. The first-order valence-corrected chi connectivity index (χ1v) is 9.77. The maximum atomic E-state index is 12.7. The van der Waals surface area contributed by atoms with Crippen LogP contribution in [-0.2, 0) is 16.1 Å². The molecule has 1 saturated heterocycles. The van der Waals surface area contributed by atoms with Crippen molar-refractivity contribution in [3.05, 3.63) is 59.4 Å². The quantitative estimate of drug-likeness (QED) is 0.716. The summed E-state index contributed by atoms with van der Waals surface area (Å²) in [6, 6.07) is 13.4. The van der Waals surface area contributed by atoms with Gasteiger partial charge in [0.25, 0.3) is 5.91 Å². The zero-order chi connectivity index (χ0) is 19.6. The van der Waals surface area contributed by atoms with Crippen molar-refractivity contribution in [1.29, 1.82) is 0 Å². The summed E-state index contributed by atoms with van der Waals surface area (Å²) in [7, 11) is 0. The lowest BCUT2D eigenvalue weighted by Crippen LogP contribution is -2.35. The van der Waals surface area contributed by atoms with Crippen molar-refractivity contribution in [3.8, 4) is 5.75 Å². The third kappa shape index (κ3) is 3.87. The number of hydrogen-bond acceptors (Lipinski definition) is 5. The smallest absolute Gasteiger partial charge is 0.255 e. The number of H-pyrrole nitrogens is 1. The summed E-state index contributed by atoms with van der Waals surface area (Å²) in [6.07, 6.45) is 1.88. The number of amides is 1. The molecule has 1 amide bonds.